The highest BCUT2D eigenvalue weighted by atomic mass is 35.5. The fraction of sp³-hybridized carbons (Fsp3) is 0.381. The van der Waals surface area contributed by atoms with E-state index in [0.29, 0.717) is 11.1 Å². The summed E-state index contributed by atoms with van der Waals surface area (Å²) in [7, 11) is 0. The van der Waals surface area contributed by atoms with E-state index in [1.54, 1.807) is 0 Å². The van der Waals surface area contributed by atoms with Crippen molar-refractivity contribution in [1.29, 1.82) is 0 Å². The summed E-state index contributed by atoms with van der Waals surface area (Å²) < 4.78 is 0. The second kappa shape index (κ2) is 7.68. The number of hydrogen-bond donors (Lipinski definition) is 1. The van der Waals surface area contributed by atoms with Crippen LogP contribution >= 0.6 is 11.6 Å². The number of halogens is 1. The van der Waals surface area contributed by atoms with Crippen molar-refractivity contribution in [2.75, 3.05) is 0 Å². The smallest absolute Gasteiger partial charge is 0.231 e. The van der Waals surface area contributed by atoms with Crippen LogP contribution in [0.5, 0.6) is 0 Å². The van der Waals surface area contributed by atoms with Gasteiger partial charge in [0, 0.05) is 16.6 Å². The van der Waals surface area contributed by atoms with Crippen molar-refractivity contribution in [3.8, 4) is 0 Å². The van der Waals surface area contributed by atoms with Crippen LogP contribution in [0.25, 0.3) is 0 Å². The van der Waals surface area contributed by atoms with Gasteiger partial charge >= 0.3 is 0 Å². The molecule has 0 amide bonds. The van der Waals surface area contributed by atoms with Gasteiger partial charge in [0.25, 0.3) is 0 Å². The van der Waals surface area contributed by atoms with Gasteiger partial charge in [-0.1, -0.05) is 66.4 Å². The van der Waals surface area contributed by atoms with E-state index in [2.05, 4.69) is 10.1 Å². The molecule has 1 aliphatic carbocycles. The maximum atomic E-state index is 11.0. The Morgan fingerprint density at radius 1 is 1.00 bits per heavy atom. The molecule has 0 saturated heterocycles. The van der Waals surface area contributed by atoms with E-state index in [-0.39, 0.29) is 0 Å². The number of benzene rings is 2. The molecule has 1 saturated carbocycles. The lowest BCUT2D eigenvalue weighted by molar-refractivity contribution is -0.0914. The summed E-state index contributed by atoms with van der Waals surface area (Å²) in [5, 5.41) is 16.0. The Hall–Kier alpha value is -2.04. The van der Waals surface area contributed by atoms with Gasteiger partial charge in [-0.15, -0.1) is 0 Å². The van der Waals surface area contributed by atoms with Crippen LogP contribution in [0.3, 0.4) is 0 Å². The van der Waals surface area contributed by atoms with E-state index in [1.807, 2.05) is 54.6 Å². The molecule has 1 N–H and O–H groups in total. The zero-order chi connectivity index (χ0) is 17.9. The van der Waals surface area contributed by atoms with Crippen LogP contribution in [0.2, 0.25) is 5.02 Å². The number of oxime groups is 1. The predicted octanol–water partition coefficient (Wildman–Crippen LogP) is 4.73. The zero-order valence-corrected chi connectivity index (χ0v) is 15.3. The largest absolute Gasteiger partial charge is 0.382 e. The third-order valence-electron chi connectivity index (χ3n) is 5.25. The van der Waals surface area contributed by atoms with Gasteiger partial charge in [0.05, 0.1) is 0 Å². The van der Waals surface area contributed by atoms with Crippen molar-refractivity contribution in [1.82, 2.24) is 4.90 Å². The van der Waals surface area contributed by atoms with E-state index >= 15 is 0 Å². The van der Waals surface area contributed by atoms with Gasteiger partial charge in [-0.25, -0.2) is 0 Å². The molecule has 0 radical (unpaired) electrons. The van der Waals surface area contributed by atoms with Crippen LogP contribution in [0.15, 0.2) is 59.8 Å². The molecule has 2 aliphatic rings. The Kier molecular flexibility index (Phi) is 5.14. The first-order chi connectivity index (χ1) is 12.7. The topological polar surface area (TPSA) is 45.1 Å². The SMILES string of the molecule is OC(c1ccccc1)C1ON=C(c2ccc(Cl)cc2)N1C1CCCCC1. The first-order valence-corrected chi connectivity index (χ1v) is 9.63. The maximum Gasteiger partial charge on any atom is 0.231 e. The number of aliphatic hydroxyl groups excluding tert-OH is 1. The van der Waals surface area contributed by atoms with Gasteiger partial charge in [-0.3, -0.25) is 0 Å². The van der Waals surface area contributed by atoms with Crippen molar-refractivity contribution in [2.24, 2.45) is 5.16 Å². The predicted molar refractivity (Wildman–Crippen MR) is 103 cm³/mol. The van der Waals surface area contributed by atoms with Gasteiger partial charge in [-0.2, -0.15) is 0 Å². The molecule has 0 spiro atoms. The summed E-state index contributed by atoms with van der Waals surface area (Å²) in [6.07, 6.45) is 4.58. The van der Waals surface area contributed by atoms with Crippen LogP contribution < -0.4 is 0 Å². The highest BCUT2D eigenvalue weighted by Gasteiger charge is 2.41. The quantitative estimate of drug-likeness (QED) is 0.846. The van der Waals surface area contributed by atoms with Gasteiger partial charge in [-0.05, 0) is 42.7 Å². The Morgan fingerprint density at radius 2 is 1.69 bits per heavy atom. The third kappa shape index (κ3) is 3.44. The number of nitrogens with zero attached hydrogens (tertiary/aromatic N) is 2. The molecule has 0 bridgehead atoms. The second-order valence-electron chi connectivity index (χ2n) is 6.97. The number of rotatable bonds is 4. The monoisotopic (exact) mass is 370 g/mol. The Balaban J connectivity index is 1.65. The lowest BCUT2D eigenvalue weighted by atomic mass is 9.92. The average molecular weight is 371 g/mol. The molecule has 1 aliphatic heterocycles. The molecule has 4 rings (SSSR count). The lowest BCUT2D eigenvalue weighted by Gasteiger charge is -2.37. The highest BCUT2D eigenvalue weighted by Crippen LogP contribution is 2.34. The van der Waals surface area contributed by atoms with E-state index in [0.717, 1.165) is 29.8 Å². The van der Waals surface area contributed by atoms with Crippen molar-refractivity contribution < 1.29 is 9.94 Å². The number of hydrogen-bond acceptors (Lipinski definition) is 4. The molecule has 5 heteroatoms. The molecule has 4 nitrogen and oxygen atoms in total. The first-order valence-electron chi connectivity index (χ1n) is 9.25. The molecule has 2 aromatic carbocycles. The van der Waals surface area contributed by atoms with Crippen molar-refractivity contribution in [2.45, 2.75) is 50.5 Å². The van der Waals surface area contributed by atoms with Crippen molar-refractivity contribution in [3.63, 3.8) is 0 Å². The van der Waals surface area contributed by atoms with Crippen LogP contribution in [-0.2, 0) is 4.84 Å². The number of amidine groups is 1. The summed E-state index contributed by atoms with van der Waals surface area (Å²) in [6.45, 7) is 0. The first kappa shape index (κ1) is 17.4. The second-order valence-corrected chi connectivity index (χ2v) is 7.41. The van der Waals surface area contributed by atoms with E-state index < -0.39 is 12.3 Å². The molecular formula is C21H23ClN2O2. The summed E-state index contributed by atoms with van der Waals surface area (Å²) in [5.74, 6) is 0.786. The van der Waals surface area contributed by atoms with Crippen molar-refractivity contribution >= 4 is 17.4 Å². The van der Waals surface area contributed by atoms with Crippen LogP contribution in [0, 0.1) is 0 Å². The van der Waals surface area contributed by atoms with Gasteiger partial charge in [0.1, 0.15) is 6.10 Å². The molecule has 2 unspecified atom stereocenters. The molecule has 1 heterocycles. The zero-order valence-electron chi connectivity index (χ0n) is 14.6. The van der Waals surface area contributed by atoms with Crippen LogP contribution in [-0.4, -0.2) is 28.1 Å². The molecule has 2 aromatic rings. The van der Waals surface area contributed by atoms with E-state index in [4.69, 9.17) is 16.4 Å². The molecular weight excluding hydrogens is 348 g/mol. The standard InChI is InChI=1S/C21H23ClN2O2/c22-17-13-11-16(12-14-17)20-23-26-21(19(25)15-7-3-1-4-8-15)24(20)18-9-5-2-6-10-18/h1,3-4,7-8,11-14,18-19,21,25H,2,5-6,9-10H2. The summed E-state index contributed by atoms with van der Waals surface area (Å²) in [6, 6.07) is 17.6. The molecule has 1 fully saturated rings. The highest BCUT2D eigenvalue weighted by molar-refractivity contribution is 6.30. The molecule has 26 heavy (non-hydrogen) atoms. The summed E-state index contributed by atoms with van der Waals surface area (Å²) in [5.41, 5.74) is 1.80. The van der Waals surface area contributed by atoms with Crippen molar-refractivity contribution in [3.05, 3.63) is 70.7 Å². The molecule has 2 atom stereocenters. The third-order valence-corrected chi connectivity index (χ3v) is 5.50. The Morgan fingerprint density at radius 3 is 2.38 bits per heavy atom. The van der Waals surface area contributed by atoms with E-state index in [9.17, 15) is 5.11 Å². The summed E-state index contributed by atoms with van der Waals surface area (Å²) >= 11 is 6.04. The fourth-order valence-electron chi connectivity index (χ4n) is 3.89. The van der Waals surface area contributed by atoms with Gasteiger partial charge in [0.2, 0.25) is 6.23 Å². The lowest BCUT2D eigenvalue weighted by Crippen LogP contribution is -2.47. The molecule has 0 aromatic heterocycles. The Labute approximate surface area is 159 Å². The minimum atomic E-state index is -0.758. The molecule has 136 valence electrons. The van der Waals surface area contributed by atoms with E-state index in [1.165, 1.54) is 19.3 Å². The fourth-order valence-corrected chi connectivity index (χ4v) is 4.01. The van der Waals surface area contributed by atoms with Crippen LogP contribution in [0.4, 0.5) is 0 Å². The normalized spacial score (nSPS) is 22.0. The number of aliphatic hydroxyl groups is 1. The Bertz CT molecular complexity index is 757. The van der Waals surface area contributed by atoms with Gasteiger partial charge in [0.15, 0.2) is 5.84 Å². The summed E-state index contributed by atoms with van der Waals surface area (Å²) in [4.78, 5) is 7.94. The minimum absolute atomic E-state index is 0.323. The average Bonchev–Trinajstić information content (AvgIpc) is 3.14. The van der Waals surface area contributed by atoms with Crippen LogP contribution in [0.1, 0.15) is 49.3 Å². The minimum Gasteiger partial charge on any atom is -0.382 e. The maximum absolute atomic E-state index is 11.0. The van der Waals surface area contributed by atoms with Gasteiger partial charge < -0.3 is 14.8 Å².